The summed E-state index contributed by atoms with van der Waals surface area (Å²) >= 11 is 0. The van der Waals surface area contributed by atoms with Crippen molar-refractivity contribution >= 4 is 17.2 Å². The molecule has 0 fully saturated rings. The summed E-state index contributed by atoms with van der Waals surface area (Å²) in [4.78, 5) is 8.58. The van der Waals surface area contributed by atoms with Gasteiger partial charge in [-0.05, 0) is 35.2 Å². The van der Waals surface area contributed by atoms with Crippen molar-refractivity contribution in [1.82, 2.24) is 4.98 Å². The van der Waals surface area contributed by atoms with Crippen LogP contribution in [0.1, 0.15) is 32.0 Å². The van der Waals surface area contributed by atoms with Crippen LogP contribution in [0.3, 0.4) is 0 Å². The molecule has 104 valence electrons. The highest BCUT2D eigenvalue weighted by atomic mass is 14.9. The zero-order valence-corrected chi connectivity index (χ0v) is 12.1. The first kappa shape index (κ1) is 14.1. The highest BCUT2D eigenvalue weighted by molar-refractivity contribution is 6.01. The third-order valence-electron chi connectivity index (χ3n) is 3.04. The second-order valence-corrected chi connectivity index (χ2v) is 5.74. The molecule has 0 aliphatic carbocycles. The van der Waals surface area contributed by atoms with Crippen molar-refractivity contribution in [2.24, 2.45) is 10.7 Å². The molecular formula is C16H20N4. The maximum absolute atomic E-state index is 5.99. The molecule has 0 radical (unpaired) electrons. The summed E-state index contributed by atoms with van der Waals surface area (Å²) in [5, 5.41) is 0. The fourth-order valence-electron chi connectivity index (χ4n) is 1.87. The van der Waals surface area contributed by atoms with Gasteiger partial charge in [0.1, 0.15) is 5.69 Å². The highest BCUT2D eigenvalue weighted by Gasteiger charge is 2.13. The average Bonchev–Trinajstić information content (AvgIpc) is 2.38. The Morgan fingerprint density at radius 2 is 1.90 bits per heavy atom. The van der Waals surface area contributed by atoms with E-state index < -0.39 is 0 Å². The molecule has 0 spiro atoms. The minimum Gasteiger partial charge on any atom is -0.397 e. The molecule has 2 aromatic rings. The Morgan fingerprint density at radius 1 is 1.15 bits per heavy atom. The molecule has 0 bridgehead atoms. The standard InChI is InChI=1S/C16H20N4/c1-16(2,3)11-6-4-7-12(10-11)20-15(18)14-13(17)8-5-9-19-14/h4-10H,17H2,1-3H3,(H2,18,20). The second-order valence-electron chi connectivity index (χ2n) is 5.74. The SMILES string of the molecule is CC(C)(C)c1cccc(N=C(N)c2ncccc2N)c1. The number of amidine groups is 1. The lowest BCUT2D eigenvalue weighted by molar-refractivity contribution is 0.590. The number of benzene rings is 1. The minimum atomic E-state index is 0.0737. The van der Waals surface area contributed by atoms with Gasteiger partial charge in [0, 0.05) is 6.20 Å². The number of nitrogen functional groups attached to an aromatic ring is 1. The van der Waals surface area contributed by atoms with Gasteiger partial charge in [0.15, 0.2) is 5.84 Å². The van der Waals surface area contributed by atoms with Crippen molar-refractivity contribution in [3.63, 3.8) is 0 Å². The summed E-state index contributed by atoms with van der Waals surface area (Å²) in [7, 11) is 0. The number of hydrogen-bond donors (Lipinski definition) is 2. The van der Waals surface area contributed by atoms with E-state index in [4.69, 9.17) is 11.5 Å². The van der Waals surface area contributed by atoms with E-state index in [1.54, 1.807) is 18.3 Å². The normalized spacial score (nSPS) is 12.4. The number of hydrogen-bond acceptors (Lipinski definition) is 3. The van der Waals surface area contributed by atoms with Gasteiger partial charge in [0.25, 0.3) is 0 Å². The Hall–Kier alpha value is -2.36. The number of nitrogens with two attached hydrogens (primary N) is 2. The minimum absolute atomic E-state index is 0.0737. The van der Waals surface area contributed by atoms with Crippen LogP contribution in [0.25, 0.3) is 0 Å². The lowest BCUT2D eigenvalue weighted by Gasteiger charge is -2.19. The van der Waals surface area contributed by atoms with Crippen LogP contribution in [0.4, 0.5) is 11.4 Å². The van der Waals surface area contributed by atoms with Gasteiger partial charge in [0.2, 0.25) is 0 Å². The van der Waals surface area contributed by atoms with E-state index in [-0.39, 0.29) is 5.41 Å². The maximum Gasteiger partial charge on any atom is 0.152 e. The number of aromatic nitrogens is 1. The van der Waals surface area contributed by atoms with E-state index in [1.807, 2.05) is 18.2 Å². The van der Waals surface area contributed by atoms with E-state index in [0.717, 1.165) is 5.69 Å². The van der Waals surface area contributed by atoms with Gasteiger partial charge in [-0.15, -0.1) is 0 Å². The summed E-state index contributed by atoms with van der Waals surface area (Å²) in [5.41, 5.74) is 15.0. The van der Waals surface area contributed by atoms with Crippen LogP contribution in [0.5, 0.6) is 0 Å². The molecular weight excluding hydrogens is 248 g/mol. The van der Waals surface area contributed by atoms with Crippen molar-refractivity contribution in [1.29, 1.82) is 0 Å². The van der Waals surface area contributed by atoms with Gasteiger partial charge in [-0.2, -0.15) is 0 Å². The van der Waals surface area contributed by atoms with Gasteiger partial charge in [-0.25, -0.2) is 4.99 Å². The number of pyridine rings is 1. The van der Waals surface area contributed by atoms with E-state index in [9.17, 15) is 0 Å². The fourth-order valence-corrected chi connectivity index (χ4v) is 1.87. The van der Waals surface area contributed by atoms with Gasteiger partial charge < -0.3 is 11.5 Å². The third-order valence-corrected chi connectivity index (χ3v) is 3.04. The quantitative estimate of drug-likeness (QED) is 0.649. The molecule has 1 aromatic heterocycles. The second kappa shape index (κ2) is 5.33. The van der Waals surface area contributed by atoms with Crippen molar-refractivity contribution in [3.8, 4) is 0 Å². The lowest BCUT2D eigenvalue weighted by atomic mass is 9.87. The van der Waals surface area contributed by atoms with Crippen LogP contribution in [0.2, 0.25) is 0 Å². The monoisotopic (exact) mass is 268 g/mol. The molecule has 2 rings (SSSR count). The molecule has 4 heteroatoms. The zero-order chi connectivity index (χ0) is 14.8. The first-order chi connectivity index (χ1) is 9.38. The molecule has 0 unspecified atom stereocenters. The lowest BCUT2D eigenvalue weighted by Crippen LogP contribution is -2.17. The molecule has 0 saturated carbocycles. The van der Waals surface area contributed by atoms with E-state index >= 15 is 0 Å². The molecule has 0 aliphatic heterocycles. The highest BCUT2D eigenvalue weighted by Crippen LogP contribution is 2.26. The van der Waals surface area contributed by atoms with Crippen LogP contribution in [0.15, 0.2) is 47.6 Å². The molecule has 1 heterocycles. The predicted octanol–water partition coefficient (Wildman–Crippen LogP) is 3.00. The Morgan fingerprint density at radius 3 is 2.55 bits per heavy atom. The average molecular weight is 268 g/mol. The van der Waals surface area contributed by atoms with E-state index in [1.165, 1.54) is 5.56 Å². The number of anilines is 1. The van der Waals surface area contributed by atoms with Crippen molar-refractivity contribution in [2.75, 3.05) is 5.73 Å². The summed E-state index contributed by atoms with van der Waals surface area (Å²) in [5.74, 6) is 0.328. The third kappa shape index (κ3) is 3.15. The molecule has 0 atom stereocenters. The van der Waals surface area contributed by atoms with Gasteiger partial charge >= 0.3 is 0 Å². The van der Waals surface area contributed by atoms with Crippen molar-refractivity contribution in [3.05, 3.63) is 53.9 Å². The summed E-state index contributed by atoms with van der Waals surface area (Å²) < 4.78 is 0. The smallest absolute Gasteiger partial charge is 0.152 e. The van der Waals surface area contributed by atoms with Crippen LogP contribution in [-0.2, 0) is 5.41 Å². The summed E-state index contributed by atoms with van der Waals surface area (Å²) in [6, 6.07) is 11.6. The van der Waals surface area contributed by atoms with Gasteiger partial charge in [0.05, 0.1) is 11.4 Å². The summed E-state index contributed by atoms with van der Waals surface area (Å²) in [6.07, 6.45) is 1.65. The molecule has 4 nitrogen and oxygen atoms in total. The van der Waals surface area contributed by atoms with Crippen LogP contribution < -0.4 is 11.5 Å². The molecule has 0 amide bonds. The van der Waals surface area contributed by atoms with Crippen LogP contribution in [-0.4, -0.2) is 10.8 Å². The first-order valence-electron chi connectivity index (χ1n) is 6.53. The number of rotatable bonds is 2. The zero-order valence-electron chi connectivity index (χ0n) is 12.1. The van der Waals surface area contributed by atoms with E-state index in [2.05, 4.69) is 36.8 Å². The molecule has 1 aromatic carbocycles. The number of aliphatic imine (C=N–C) groups is 1. The Labute approximate surface area is 119 Å². The largest absolute Gasteiger partial charge is 0.397 e. The first-order valence-corrected chi connectivity index (χ1v) is 6.53. The molecule has 0 saturated heterocycles. The maximum atomic E-state index is 5.99. The van der Waals surface area contributed by atoms with Crippen molar-refractivity contribution in [2.45, 2.75) is 26.2 Å². The fraction of sp³-hybridized carbons (Fsp3) is 0.250. The Kier molecular flexibility index (Phi) is 3.74. The topological polar surface area (TPSA) is 77.3 Å². The van der Waals surface area contributed by atoms with Gasteiger partial charge in [-0.1, -0.05) is 32.9 Å². The summed E-state index contributed by atoms with van der Waals surface area (Å²) in [6.45, 7) is 6.49. The van der Waals surface area contributed by atoms with Crippen molar-refractivity contribution < 1.29 is 0 Å². The molecule has 0 aliphatic rings. The molecule has 20 heavy (non-hydrogen) atoms. The molecule has 4 N–H and O–H groups in total. The predicted molar refractivity (Wildman–Crippen MR) is 84.2 cm³/mol. The van der Waals surface area contributed by atoms with Crippen LogP contribution in [0, 0.1) is 0 Å². The van der Waals surface area contributed by atoms with Crippen LogP contribution >= 0.6 is 0 Å². The number of nitrogens with zero attached hydrogens (tertiary/aromatic N) is 2. The van der Waals surface area contributed by atoms with E-state index in [0.29, 0.717) is 17.2 Å². The van der Waals surface area contributed by atoms with Gasteiger partial charge in [-0.3, -0.25) is 4.98 Å². The Balaban J connectivity index is 2.38. The Bertz CT molecular complexity index is 639.